The van der Waals surface area contributed by atoms with Gasteiger partial charge in [0.1, 0.15) is 11.3 Å². The van der Waals surface area contributed by atoms with Gasteiger partial charge in [-0.1, -0.05) is 66.2 Å². The van der Waals surface area contributed by atoms with Gasteiger partial charge in [0.05, 0.1) is 10.6 Å². The molecule has 0 amide bonds. The number of halogens is 1. The van der Waals surface area contributed by atoms with E-state index in [4.69, 9.17) is 16.6 Å². The minimum Gasteiger partial charge on any atom is -0.360 e. The summed E-state index contributed by atoms with van der Waals surface area (Å²) in [4.78, 5) is 22.8. The molecule has 4 rings (SSSR count). The Morgan fingerprint density at radius 2 is 1.79 bits per heavy atom. The van der Waals surface area contributed by atoms with E-state index in [0.29, 0.717) is 6.54 Å². The predicted molar refractivity (Wildman–Crippen MR) is 114 cm³/mol. The molecular formula is C20H14ClN5O2S. The van der Waals surface area contributed by atoms with Gasteiger partial charge in [-0.05, 0) is 5.56 Å². The molecule has 2 aromatic carbocycles. The average Bonchev–Trinajstić information content (AvgIpc) is 3.23. The van der Waals surface area contributed by atoms with Crippen LogP contribution in [0, 0.1) is 10.1 Å². The van der Waals surface area contributed by atoms with E-state index in [1.54, 1.807) is 11.3 Å². The maximum absolute atomic E-state index is 11.2. The van der Waals surface area contributed by atoms with E-state index in [1.165, 1.54) is 6.33 Å². The molecule has 4 aromatic rings. The van der Waals surface area contributed by atoms with Gasteiger partial charge in [0, 0.05) is 23.1 Å². The average molecular weight is 424 g/mol. The van der Waals surface area contributed by atoms with Crippen LogP contribution in [-0.2, 0) is 6.54 Å². The molecule has 0 aliphatic carbocycles. The van der Waals surface area contributed by atoms with E-state index >= 15 is 0 Å². The first kappa shape index (κ1) is 19.0. The lowest BCUT2D eigenvalue weighted by Gasteiger charge is -2.07. The first-order valence-corrected chi connectivity index (χ1v) is 9.86. The lowest BCUT2D eigenvalue weighted by atomic mass is 10.1. The van der Waals surface area contributed by atoms with Crippen LogP contribution in [0.2, 0.25) is 5.15 Å². The summed E-state index contributed by atoms with van der Waals surface area (Å²) in [6, 6.07) is 17.9. The van der Waals surface area contributed by atoms with Crippen molar-refractivity contribution >= 4 is 34.4 Å². The Balaban J connectivity index is 1.48. The summed E-state index contributed by atoms with van der Waals surface area (Å²) in [5, 5.41) is 16.9. The zero-order valence-electron chi connectivity index (χ0n) is 14.9. The second-order valence-corrected chi connectivity index (χ2v) is 7.29. The van der Waals surface area contributed by atoms with Crippen LogP contribution < -0.4 is 5.32 Å². The lowest BCUT2D eigenvalue weighted by molar-refractivity contribution is -0.384. The fourth-order valence-electron chi connectivity index (χ4n) is 2.75. The number of benzene rings is 2. The highest BCUT2D eigenvalue weighted by Crippen LogP contribution is 2.30. The van der Waals surface area contributed by atoms with Crippen LogP contribution in [0.15, 0.2) is 66.3 Å². The predicted octanol–water partition coefficient (Wildman–Crippen LogP) is 5.44. The zero-order valence-corrected chi connectivity index (χ0v) is 16.5. The Hall–Kier alpha value is -3.36. The van der Waals surface area contributed by atoms with E-state index < -0.39 is 4.92 Å². The van der Waals surface area contributed by atoms with E-state index in [1.807, 2.05) is 60.0 Å². The molecule has 2 heterocycles. The molecule has 7 nitrogen and oxygen atoms in total. The molecule has 9 heteroatoms. The molecule has 0 aliphatic rings. The van der Waals surface area contributed by atoms with Crippen LogP contribution in [0.1, 0.15) is 5.56 Å². The van der Waals surface area contributed by atoms with Crippen molar-refractivity contribution < 1.29 is 4.92 Å². The molecule has 0 atom stereocenters. The van der Waals surface area contributed by atoms with Crippen molar-refractivity contribution in [3.63, 3.8) is 0 Å². The molecule has 0 unspecified atom stereocenters. The largest absolute Gasteiger partial charge is 0.360 e. The third-order valence-corrected chi connectivity index (χ3v) is 5.36. The maximum atomic E-state index is 11.2. The summed E-state index contributed by atoms with van der Waals surface area (Å²) in [6.45, 7) is 0.363. The number of nitrogens with one attached hydrogen (secondary N) is 1. The van der Waals surface area contributed by atoms with Gasteiger partial charge in [-0.25, -0.2) is 15.0 Å². The molecule has 2 aromatic heterocycles. The van der Waals surface area contributed by atoms with Gasteiger partial charge in [0.2, 0.25) is 11.0 Å². The lowest BCUT2D eigenvalue weighted by Crippen LogP contribution is -2.05. The standard InChI is InChI=1S/C20H14ClN5O2S/c21-18-17(26(27)28)19(24-12-23-18)22-10-13-6-8-15(9-7-13)20-25-16(11-29-20)14-4-2-1-3-5-14/h1-9,11-12H,10H2,(H,22,23,24). The minimum atomic E-state index is -0.597. The Kier molecular flexibility index (Phi) is 5.46. The number of nitro groups is 1. The summed E-state index contributed by atoms with van der Waals surface area (Å²) in [7, 11) is 0. The van der Waals surface area contributed by atoms with Crippen LogP contribution in [0.3, 0.4) is 0 Å². The number of nitrogens with zero attached hydrogens (tertiary/aromatic N) is 4. The molecule has 0 spiro atoms. The van der Waals surface area contributed by atoms with Crippen LogP contribution in [0.25, 0.3) is 21.8 Å². The fourth-order valence-corrected chi connectivity index (χ4v) is 3.78. The number of hydrogen-bond donors (Lipinski definition) is 1. The second kappa shape index (κ2) is 8.34. The third-order valence-electron chi connectivity index (χ3n) is 4.19. The highest BCUT2D eigenvalue weighted by Gasteiger charge is 2.21. The minimum absolute atomic E-state index is 0.0894. The number of anilines is 1. The summed E-state index contributed by atoms with van der Waals surface area (Å²) in [6.07, 6.45) is 1.19. The monoisotopic (exact) mass is 423 g/mol. The quantitative estimate of drug-likeness (QED) is 0.252. The van der Waals surface area contributed by atoms with Crippen molar-refractivity contribution in [2.24, 2.45) is 0 Å². The zero-order chi connectivity index (χ0) is 20.2. The number of thiazole rings is 1. The highest BCUT2D eigenvalue weighted by atomic mass is 35.5. The van der Waals surface area contributed by atoms with Crippen LogP contribution in [0.5, 0.6) is 0 Å². The first-order valence-electron chi connectivity index (χ1n) is 8.61. The number of aromatic nitrogens is 3. The van der Waals surface area contributed by atoms with Crippen LogP contribution in [-0.4, -0.2) is 19.9 Å². The molecule has 144 valence electrons. The van der Waals surface area contributed by atoms with Crippen molar-refractivity contribution in [1.82, 2.24) is 15.0 Å². The van der Waals surface area contributed by atoms with E-state index in [9.17, 15) is 10.1 Å². The van der Waals surface area contributed by atoms with E-state index in [-0.39, 0.29) is 16.7 Å². The fraction of sp³-hybridized carbons (Fsp3) is 0.0500. The normalized spacial score (nSPS) is 10.7. The van der Waals surface area contributed by atoms with Gasteiger partial charge < -0.3 is 5.32 Å². The van der Waals surface area contributed by atoms with Crippen LogP contribution >= 0.6 is 22.9 Å². The van der Waals surface area contributed by atoms with Gasteiger partial charge in [0.25, 0.3) is 0 Å². The van der Waals surface area contributed by atoms with Gasteiger partial charge in [-0.15, -0.1) is 11.3 Å². The number of hydrogen-bond acceptors (Lipinski definition) is 7. The maximum Gasteiger partial charge on any atom is 0.348 e. The third kappa shape index (κ3) is 4.23. The Bertz CT molecular complexity index is 1150. The van der Waals surface area contributed by atoms with Crippen LogP contribution in [0.4, 0.5) is 11.5 Å². The van der Waals surface area contributed by atoms with Gasteiger partial charge in [-0.3, -0.25) is 10.1 Å². The smallest absolute Gasteiger partial charge is 0.348 e. The van der Waals surface area contributed by atoms with Crippen molar-refractivity contribution in [2.45, 2.75) is 6.54 Å². The summed E-state index contributed by atoms with van der Waals surface area (Å²) >= 11 is 7.39. The molecule has 0 saturated carbocycles. The molecule has 0 aliphatic heterocycles. The molecule has 0 saturated heterocycles. The number of rotatable bonds is 6. The molecule has 0 radical (unpaired) electrons. The molecule has 0 fully saturated rings. The summed E-state index contributed by atoms with van der Waals surface area (Å²) in [5.41, 5.74) is 3.65. The Morgan fingerprint density at radius 3 is 2.52 bits per heavy atom. The molecule has 0 bridgehead atoms. The van der Waals surface area contributed by atoms with Crippen molar-refractivity contribution in [3.05, 3.63) is 87.1 Å². The van der Waals surface area contributed by atoms with Crippen molar-refractivity contribution in [3.8, 4) is 21.8 Å². The summed E-state index contributed by atoms with van der Waals surface area (Å²) in [5.74, 6) is 0.0894. The van der Waals surface area contributed by atoms with Gasteiger partial charge in [-0.2, -0.15) is 0 Å². The molecule has 1 N–H and O–H groups in total. The van der Waals surface area contributed by atoms with E-state index in [2.05, 4.69) is 15.3 Å². The second-order valence-electron chi connectivity index (χ2n) is 6.07. The van der Waals surface area contributed by atoms with E-state index in [0.717, 1.165) is 27.4 Å². The highest BCUT2D eigenvalue weighted by molar-refractivity contribution is 7.13. The van der Waals surface area contributed by atoms with Gasteiger partial charge >= 0.3 is 5.69 Å². The molecular weight excluding hydrogens is 410 g/mol. The van der Waals surface area contributed by atoms with Gasteiger partial charge in [0.15, 0.2) is 0 Å². The summed E-state index contributed by atoms with van der Waals surface area (Å²) < 4.78 is 0. The Labute approximate surface area is 175 Å². The molecule has 29 heavy (non-hydrogen) atoms. The SMILES string of the molecule is O=[N+]([O-])c1c(Cl)ncnc1NCc1ccc(-c2nc(-c3ccccc3)cs2)cc1. The Morgan fingerprint density at radius 1 is 1.03 bits per heavy atom. The topological polar surface area (TPSA) is 93.8 Å². The van der Waals surface area contributed by atoms with Crippen molar-refractivity contribution in [1.29, 1.82) is 0 Å². The first-order chi connectivity index (χ1) is 14.1. The van der Waals surface area contributed by atoms with Crippen molar-refractivity contribution in [2.75, 3.05) is 5.32 Å².